The second-order valence-electron chi connectivity index (χ2n) is 13.6. The molecule has 0 saturated carbocycles. The van der Waals surface area contributed by atoms with E-state index < -0.39 is 0 Å². The van der Waals surface area contributed by atoms with Gasteiger partial charge in [-0.05, 0) is 25.3 Å². The van der Waals surface area contributed by atoms with Crippen molar-refractivity contribution in [2.24, 2.45) is 0 Å². The number of quaternary nitrogens is 1. The number of hydrogen-bond acceptors (Lipinski definition) is 7. The van der Waals surface area contributed by atoms with E-state index in [0.29, 0.717) is 52.5 Å². The molecule has 10 nitrogen and oxygen atoms in total. The summed E-state index contributed by atoms with van der Waals surface area (Å²) in [5.41, 5.74) is 6.29. The van der Waals surface area contributed by atoms with Crippen molar-refractivity contribution in [2.45, 2.75) is 19.3 Å². The van der Waals surface area contributed by atoms with Crippen LogP contribution in [0.3, 0.4) is 0 Å². The van der Waals surface area contributed by atoms with E-state index in [2.05, 4.69) is 35.2 Å². The fourth-order valence-corrected chi connectivity index (χ4v) is 7.65. The molecule has 1 fully saturated rings. The number of aromatic nitrogens is 8. The van der Waals surface area contributed by atoms with E-state index in [1.165, 1.54) is 32.4 Å². The maximum Gasteiger partial charge on any atom is 2.00 e. The van der Waals surface area contributed by atoms with Gasteiger partial charge in [0.25, 0.3) is 0 Å². The normalized spacial score (nSPS) is 14.2. The molecule has 3 aliphatic rings. The van der Waals surface area contributed by atoms with Crippen molar-refractivity contribution < 1.29 is 28.7 Å². The summed E-state index contributed by atoms with van der Waals surface area (Å²) in [5, 5.41) is 3.68. The minimum absolute atomic E-state index is 0. The monoisotopic (exact) mass is 848 g/mol. The molecule has 7 aromatic rings. The first-order valence-electron chi connectivity index (χ1n) is 17.3. The van der Waals surface area contributed by atoms with Gasteiger partial charge >= 0.3 is 19.5 Å². The van der Waals surface area contributed by atoms with Gasteiger partial charge in [0.2, 0.25) is 0 Å². The largest absolute Gasteiger partial charge is 2.00 e. The van der Waals surface area contributed by atoms with Crippen molar-refractivity contribution >= 4 is 68.1 Å². The number of halogens is 1. The molecule has 1 saturated heterocycles. The van der Waals surface area contributed by atoms with Crippen molar-refractivity contribution in [1.29, 1.82) is 0 Å². The second kappa shape index (κ2) is 13.7. The van der Waals surface area contributed by atoms with Gasteiger partial charge in [0.05, 0.1) is 25.5 Å². The van der Waals surface area contributed by atoms with E-state index in [1.807, 2.05) is 72.8 Å². The molecule has 8 bridgehead atoms. The summed E-state index contributed by atoms with van der Waals surface area (Å²) in [6.07, 6.45) is 3.87. The van der Waals surface area contributed by atoms with Crippen LogP contribution in [0.25, 0.3) is 89.7 Å². The number of ether oxygens (including phenoxy) is 1. The van der Waals surface area contributed by atoms with Gasteiger partial charge in [-0.25, -0.2) is 29.9 Å². The molecule has 2 N–H and O–H groups in total. The van der Waals surface area contributed by atoms with Crippen molar-refractivity contribution in [3.8, 4) is 51.3 Å². The Kier molecular flexibility index (Phi) is 9.09. The summed E-state index contributed by atoms with van der Waals surface area (Å²) < 4.78 is 7.65. The number of benzene rings is 4. The van der Waals surface area contributed by atoms with Gasteiger partial charge in [-0.1, -0.05) is 84.9 Å². The molecule has 10 rings (SSSR count). The summed E-state index contributed by atoms with van der Waals surface area (Å²) in [5.74, 6) is 3.06. The molecule has 0 aliphatic carbocycles. The Morgan fingerprint density at radius 1 is 0.538 bits per heavy atom. The SMILES string of the molecule is C[N+]1(CCOc2cccc3c4nc5nc(nc6nc(nc7[nH]c(nc([nH]4)c23)c2ccccc72)-c2ccccc2-6)-c2ccccc2-5)CCCCC1.I.[Zn+2]. The third-order valence-corrected chi connectivity index (χ3v) is 10.3. The van der Waals surface area contributed by atoms with Gasteiger partial charge < -0.3 is 19.2 Å². The van der Waals surface area contributed by atoms with E-state index in [4.69, 9.17) is 34.6 Å². The third-order valence-electron chi connectivity index (χ3n) is 10.3. The number of nitrogens with one attached hydrogen (secondary N) is 2. The molecule has 252 valence electrons. The molecule has 0 spiro atoms. The molecule has 52 heavy (non-hydrogen) atoms. The third kappa shape index (κ3) is 5.86. The molecule has 0 unspecified atom stereocenters. The number of fused-ring (bicyclic) bond motifs is 20. The summed E-state index contributed by atoms with van der Waals surface area (Å²) in [4.78, 5) is 37.6. The first-order chi connectivity index (χ1) is 24.6. The van der Waals surface area contributed by atoms with Crippen molar-refractivity contribution in [2.75, 3.05) is 33.3 Å². The van der Waals surface area contributed by atoms with E-state index in [0.717, 1.165) is 60.6 Å². The summed E-state index contributed by atoms with van der Waals surface area (Å²) in [6.45, 7) is 3.96. The van der Waals surface area contributed by atoms with Gasteiger partial charge in [-0.2, -0.15) is 0 Å². The number of H-pyrrole nitrogens is 2. The van der Waals surface area contributed by atoms with Gasteiger partial charge in [0, 0.05) is 38.4 Å². The maximum absolute atomic E-state index is 6.61. The molecular formula is C40H35IN9OZn+3. The van der Waals surface area contributed by atoms with Crippen LogP contribution in [0.2, 0.25) is 0 Å². The van der Waals surface area contributed by atoms with Crippen LogP contribution in [0, 0.1) is 0 Å². The standard InChI is InChI=1S/C40H34N9O.HI.Zn/c1-49(20-9-2-10-21-49)22-23-50-31-19-11-18-30-32(31)40-47-38-29-17-8-7-16-28(29)36(45-38)43-34-25-13-4-3-12-24(25)33(41-34)42-35-26-14-5-6-15-27(26)37(44-35)46-39(30)48-40;;/h3-8,11-19H,2,9-10,20-23H2,1H3,(H2,41,42,43,44,45,46,47,48);1H;/q+1;;+2. The maximum atomic E-state index is 6.61. The first kappa shape index (κ1) is 34.4. The molecular weight excluding hydrogens is 815 g/mol. The summed E-state index contributed by atoms with van der Waals surface area (Å²) in [6, 6.07) is 30.4. The number of nitrogens with zero attached hydrogens (tertiary/aromatic N) is 7. The van der Waals surface area contributed by atoms with E-state index >= 15 is 0 Å². The van der Waals surface area contributed by atoms with Crippen LogP contribution in [-0.4, -0.2) is 77.6 Å². The number of hydrogen-bond donors (Lipinski definition) is 2. The van der Waals surface area contributed by atoms with Crippen molar-refractivity contribution in [3.63, 3.8) is 0 Å². The van der Waals surface area contributed by atoms with E-state index in [9.17, 15) is 0 Å². The van der Waals surface area contributed by atoms with Crippen LogP contribution >= 0.6 is 24.0 Å². The molecule has 4 aromatic carbocycles. The van der Waals surface area contributed by atoms with Gasteiger partial charge in [0.1, 0.15) is 41.5 Å². The fourth-order valence-electron chi connectivity index (χ4n) is 7.65. The molecule has 0 radical (unpaired) electrons. The molecule has 0 amide bonds. The molecule has 6 heterocycles. The average Bonchev–Trinajstić information content (AvgIpc) is 3.88. The Hall–Kier alpha value is -4.65. The quantitative estimate of drug-likeness (QED) is 0.104. The summed E-state index contributed by atoms with van der Waals surface area (Å²) >= 11 is 0. The number of rotatable bonds is 4. The average molecular weight is 850 g/mol. The van der Waals surface area contributed by atoms with Crippen LogP contribution < -0.4 is 4.74 Å². The Labute approximate surface area is 329 Å². The van der Waals surface area contributed by atoms with Crippen molar-refractivity contribution in [3.05, 3.63) is 91.0 Å². The molecule has 3 aliphatic heterocycles. The zero-order valence-corrected chi connectivity index (χ0v) is 34.1. The Bertz CT molecular complexity index is 2670. The van der Waals surface area contributed by atoms with Crippen molar-refractivity contribution in [1.82, 2.24) is 39.9 Å². The minimum atomic E-state index is 0. The minimum Gasteiger partial charge on any atom is -0.487 e. The van der Waals surface area contributed by atoms with Crippen LogP contribution in [0.4, 0.5) is 0 Å². The fraction of sp³-hybridized carbons (Fsp3) is 0.200. The van der Waals surface area contributed by atoms with Gasteiger partial charge in [-0.3, -0.25) is 0 Å². The molecule has 0 atom stereocenters. The first-order valence-corrected chi connectivity index (χ1v) is 17.3. The van der Waals surface area contributed by atoms with Gasteiger partial charge in [0.15, 0.2) is 23.3 Å². The smallest absolute Gasteiger partial charge is 0.487 e. The van der Waals surface area contributed by atoms with Gasteiger partial charge in [-0.15, -0.1) is 24.0 Å². The van der Waals surface area contributed by atoms with Crippen LogP contribution in [0.5, 0.6) is 5.75 Å². The predicted molar refractivity (Wildman–Crippen MR) is 212 cm³/mol. The summed E-state index contributed by atoms with van der Waals surface area (Å²) in [7, 11) is 2.35. The number of aromatic amines is 2. The van der Waals surface area contributed by atoms with Crippen LogP contribution in [0.15, 0.2) is 91.0 Å². The van der Waals surface area contributed by atoms with E-state index in [-0.39, 0.29) is 43.5 Å². The zero-order chi connectivity index (χ0) is 33.2. The Morgan fingerprint density at radius 3 is 1.58 bits per heavy atom. The Balaban J connectivity index is 0.00000193. The number of piperidine rings is 1. The van der Waals surface area contributed by atoms with Crippen LogP contribution in [0.1, 0.15) is 19.3 Å². The number of likely N-dealkylation sites (N-methyl/N-ethyl adjacent to an activating group) is 1. The Morgan fingerprint density at radius 2 is 1.00 bits per heavy atom. The number of likely N-dealkylation sites (tertiary alicyclic amines) is 1. The van der Waals surface area contributed by atoms with Crippen LogP contribution in [-0.2, 0) is 19.5 Å². The predicted octanol–water partition coefficient (Wildman–Crippen LogP) is 8.49. The topological polar surface area (TPSA) is 118 Å². The van der Waals surface area contributed by atoms with E-state index in [1.54, 1.807) is 0 Å². The molecule has 3 aromatic heterocycles. The molecule has 12 heteroatoms. The second-order valence-corrected chi connectivity index (χ2v) is 13.6. The zero-order valence-electron chi connectivity index (χ0n) is 28.8.